The van der Waals surface area contributed by atoms with Crippen molar-refractivity contribution in [3.63, 3.8) is 0 Å². The van der Waals surface area contributed by atoms with Crippen molar-refractivity contribution >= 4 is 5.97 Å². The first-order valence-electron chi connectivity index (χ1n) is 7.53. The molecule has 21 heavy (non-hydrogen) atoms. The van der Waals surface area contributed by atoms with Gasteiger partial charge in [0.15, 0.2) is 0 Å². The molecule has 0 unspecified atom stereocenters. The van der Waals surface area contributed by atoms with Gasteiger partial charge in [0.25, 0.3) is 0 Å². The average Bonchev–Trinajstić information content (AvgIpc) is 2.84. The topological polar surface area (TPSA) is 38.3 Å². The Morgan fingerprint density at radius 2 is 2.10 bits per heavy atom. The molecule has 2 rings (SSSR count). The molecule has 114 valence electrons. The highest BCUT2D eigenvalue weighted by Gasteiger charge is 2.46. The van der Waals surface area contributed by atoms with Crippen LogP contribution in [0.2, 0.25) is 0 Å². The average molecular weight is 287 g/mol. The monoisotopic (exact) mass is 287 g/mol. The van der Waals surface area contributed by atoms with Gasteiger partial charge < -0.3 is 4.74 Å². The summed E-state index contributed by atoms with van der Waals surface area (Å²) < 4.78 is 5.61. The standard InChI is InChI=1S/C18H25NO2/c1-5-12-18(16(20)21-17(2,3)4)13-11-15(19-18)14-9-7-6-8-10-14/h5-10,15,19H,1,11-13H2,2-4H3/t15-,18-/m0/s1. The number of carbonyl (C=O) groups excluding carboxylic acids is 1. The number of ether oxygens (including phenoxy) is 1. The maximum atomic E-state index is 12.6. The molecule has 2 atom stereocenters. The van der Waals surface area contributed by atoms with Gasteiger partial charge in [-0.15, -0.1) is 6.58 Å². The van der Waals surface area contributed by atoms with Crippen molar-refractivity contribution < 1.29 is 9.53 Å². The van der Waals surface area contributed by atoms with Crippen LogP contribution in [0.15, 0.2) is 43.0 Å². The predicted octanol–water partition coefficient (Wildman–Crippen LogP) is 3.77. The van der Waals surface area contributed by atoms with E-state index in [1.807, 2.05) is 39.0 Å². The summed E-state index contributed by atoms with van der Waals surface area (Å²) in [4.78, 5) is 12.6. The largest absolute Gasteiger partial charge is 0.459 e. The molecular weight excluding hydrogens is 262 g/mol. The molecule has 1 saturated heterocycles. The van der Waals surface area contributed by atoms with Crippen LogP contribution < -0.4 is 5.32 Å². The lowest BCUT2D eigenvalue weighted by Gasteiger charge is -2.31. The van der Waals surface area contributed by atoms with Crippen LogP contribution in [0.1, 0.15) is 51.6 Å². The van der Waals surface area contributed by atoms with Crippen molar-refractivity contribution in [3.05, 3.63) is 48.6 Å². The number of hydrogen-bond donors (Lipinski definition) is 1. The van der Waals surface area contributed by atoms with Crippen LogP contribution in [-0.4, -0.2) is 17.1 Å². The Morgan fingerprint density at radius 3 is 2.67 bits per heavy atom. The highest BCUT2D eigenvalue weighted by Crippen LogP contribution is 2.36. The number of hydrogen-bond acceptors (Lipinski definition) is 3. The van der Waals surface area contributed by atoms with Crippen molar-refractivity contribution in [2.24, 2.45) is 0 Å². The summed E-state index contributed by atoms with van der Waals surface area (Å²) in [7, 11) is 0. The second-order valence-corrected chi connectivity index (χ2v) is 6.72. The van der Waals surface area contributed by atoms with Gasteiger partial charge in [-0.3, -0.25) is 10.1 Å². The van der Waals surface area contributed by atoms with Crippen LogP contribution in [0.25, 0.3) is 0 Å². The lowest BCUT2D eigenvalue weighted by Crippen LogP contribution is -2.50. The van der Waals surface area contributed by atoms with Crippen LogP contribution in [0.5, 0.6) is 0 Å². The van der Waals surface area contributed by atoms with Crippen LogP contribution in [0.4, 0.5) is 0 Å². The zero-order valence-corrected chi connectivity index (χ0v) is 13.2. The summed E-state index contributed by atoms with van der Waals surface area (Å²) in [5.41, 5.74) is 0.0971. The number of carbonyl (C=O) groups is 1. The molecule has 1 fully saturated rings. The molecule has 0 spiro atoms. The molecule has 0 saturated carbocycles. The van der Waals surface area contributed by atoms with Crippen molar-refractivity contribution in [2.75, 3.05) is 0 Å². The third kappa shape index (κ3) is 3.73. The van der Waals surface area contributed by atoms with E-state index >= 15 is 0 Å². The fourth-order valence-corrected chi connectivity index (χ4v) is 2.83. The first-order chi connectivity index (χ1) is 9.86. The van der Waals surface area contributed by atoms with E-state index < -0.39 is 11.1 Å². The SMILES string of the molecule is C=CC[C@@]1(C(=O)OC(C)(C)C)CC[C@@H](c2ccccc2)N1. The van der Waals surface area contributed by atoms with Gasteiger partial charge in [-0.25, -0.2) is 0 Å². The third-order valence-electron chi connectivity index (χ3n) is 3.79. The molecule has 0 amide bonds. The predicted molar refractivity (Wildman–Crippen MR) is 84.9 cm³/mol. The van der Waals surface area contributed by atoms with E-state index in [0.29, 0.717) is 6.42 Å². The molecule has 1 aliphatic rings. The highest BCUT2D eigenvalue weighted by atomic mass is 16.6. The Labute approximate surface area is 127 Å². The van der Waals surface area contributed by atoms with E-state index in [0.717, 1.165) is 12.8 Å². The summed E-state index contributed by atoms with van der Waals surface area (Å²) >= 11 is 0. The van der Waals surface area contributed by atoms with Crippen molar-refractivity contribution in [3.8, 4) is 0 Å². The molecule has 1 heterocycles. The van der Waals surface area contributed by atoms with Gasteiger partial charge in [-0.2, -0.15) is 0 Å². The van der Waals surface area contributed by atoms with E-state index in [2.05, 4.69) is 24.0 Å². The Hall–Kier alpha value is -1.61. The second kappa shape index (κ2) is 6.02. The number of esters is 1. The van der Waals surface area contributed by atoms with Gasteiger partial charge in [-0.05, 0) is 45.6 Å². The molecule has 1 aliphatic heterocycles. The fourth-order valence-electron chi connectivity index (χ4n) is 2.83. The summed E-state index contributed by atoms with van der Waals surface area (Å²) in [6.45, 7) is 9.49. The van der Waals surface area contributed by atoms with Gasteiger partial charge in [0.05, 0.1) is 0 Å². The molecule has 0 aromatic heterocycles. The fraction of sp³-hybridized carbons (Fsp3) is 0.500. The zero-order chi connectivity index (χ0) is 15.5. The van der Waals surface area contributed by atoms with Crippen molar-refractivity contribution in [1.29, 1.82) is 0 Å². The first kappa shape index (κ1) is 15.8. The minimum absolute atomic E-state index is 0.173. The highest BCUT2D eigenvalue weighted by molar-refractivity contribution is 5.82. The van der Waals surface area contributed by atoms with Gasteiger partial charge in [0.2, 0.25) is 0 Å². The van der Waals surface area contributed by atoms with E-state index in [1.165, 1.54) is 5.56 Å². The summed E-state index contributed by atoms with van der Waals surface area (Å²) in [6.07, 6.45) is 4.08. The molecule has 3 nitrogen and oxygen atoms in total. The molecule has 3 heteroatoms. The van der Waals surface area contributed by atoms with E-state index in [4.69, 9.17) is 4.74 Å². The van der Waals surface area contributed by atoms with Crippen LogP contribution >= 0.6 is 0 Å². The first-order valence-corrected chi connectivity index (χ1v) is 7.53. The molecule has 1 N–H and O–H groups in total. The Kier molecular flexibility index (Phi) is 4.52. The van der Waals surface area contributed by atoms with Crippen LogP contribution in [-0.2, 0) is 9.53 Å². The number of rotatable bonds is 4. The maximum Gasteiger partial charge on any atom is 0.327 e. The van der Waals surface area contributed by atoms with Gasteiger partial charge in [0.1, 0.15) is 11.1 Å². The van der Waals surface area contributed by atoms with Gasteiger partial charge in [0, 0.05) is 6.04 Å². The Bertz CT molecular complexity index is 504. The third-order valence-corrected chi connectivity index (χ3v) is 3.79. The lowest BCUT2D eigenvalue weighted by molar-refractivity contribution is -0.162. The lowest BCUT2D eigenvalue weighted by atomic mass is 9.93. The van der Waals surface area contributed by atoms with E-state index in [-0.39, 0.29) is 12.0 Å². The molecular formula is C18H25NO2. The Balaban J connectivity index is 2.17. The van der Waals surface area contributed by atoms with E-state index in [9.17, 15) is 4.79 Å². The quantitative estimate of drug-likeness (QED) is 0.677. The molecule has 1 aromatic rings. The number of nitrogens with one attached hydrogen (secondary N) is 1. The van der Waals surface area contributed by atoms with E-state index in [1.54, 1.807) is 6.08 Å². The van der Waals surface area contributed by atoms with Crippen molar-refractivity contribution in [2.45, 2.75) is 57.2 Å². The molecule has 1 aromatic carbocycles. The van der Waals surface area contributed by atoms with Crippen molar-refractivity contribution in [1.82, 2.24) is 5.32 Å². The second-order valence-electron chi connectivity index (χ2n) is 6.72. The summed E-state index contributed by atoms with van der Waals surface area (Å²) in [5, 5.41) is 3.50. The molecule has 0 radical (unpaired) electrons. The number of benzene rings is 1. The normalized spacial score (nSPS) is 25.6. The summed E-state index contributed by atoms with van der Waals surface area (Å²) in [6, 6.07) is 10.4. The van der Waals surface area contributed by atoms with Gasteiger partial charge >= 0.3 is 5.97 Å². The smallest absolute Gasteiger partial charge is 0.327 e. The zero-order valence-electron chi connectivity index (χ0n) is 13.2. The minimum atomic E-state index is -0.643. The maximum absolute atomic E-state index is 12.6. The Morgan fingerprint density at radius 1 is 1.43 bits per heavy atom. The molecule has 0 bridgehead atoms. The minimum Gasteiger partial charge on any atom is -0.459 e. The van der Waals surface area contributed by atoms with Gasteiger partial charge in [-0.1, -0.05) is 36.4 Å². The van der Waals surface area contributed by atoms with Crippen LogP contribution in [0, 0.1) is 0 Å². The van der Waals surface area contributed by atoms with Crippen LogP contribution in [0.3, 0.4) is 0 Å². The molecule has 0 aliphatic carbocycles. The summed E-state index contributed by atoms with van der Waals surface area (Å²) in [5.74, 6) is -0.173.